The van der Waals surface area contributed by atoms with Crippen LogP contribution < -0.4 is 0 Å². The normalized spacial score (nSPS) is 15.9. The lowest BCUT2D eigenvalue weighted by molar-refractivity contribution is 0.0795. The fraction of sp³-hybridized carbons (Fsp3) is 0.308. The molecule has 1 amide bonds. The van der Waals surface area contributed by atoms with Crippen LogP contribution in [0.1, 0.15) is 23.2 Å². The minimum atomic E-state index is 0.169. The van der Waals surface area contributed by atoms with Gasteiger partial charge >= 0.3 is 0 Å². The Morgan fingerprint density at radius 3 is 2.81 bits per heavy atom. The summed E-state index contributed by atoms with van der Waals surface area (Å²) >= 11 is 0. The highest BCUT2D eigenvalue weighted by molar-refractivity contribution is 6.06. The first-order chi connectivity index (χ1) is 7.86. The molecule has 2 aromatic rings. The lowest BCUT2D eigenvalue weighted by Crippen LogP contribution is -2.27. The first-order valence-electron chi connectivity index (χ1n) is 5.71. The number of nitrogens with zero attached hydrogens (tertiary/aromatic N) is 1. The summed E-state index contributed by atoms with van der Waals surface area (Å²) in [7, 11) is 0. The lowest BCUT2D eigenvalue weighted by atomic mass is 10.1. The van der Waals surface area contributed by atoms with E-state index in [4.69, 9.17) is 0 Å². The summed E-state index contributed by atoms with van der Waals surface area (Å²) in [5.74, 6) is 0.169. The summed E-state index contributed by atoms with van der Waals surface area (Å²) < 4.78 is 0. The van der Waals surface area contributed by atoms with E-state index in [-0.39, 0.29) is 5.91 Å². The van der Waals surface area contributed by atoms with E-state index in [1.54, 1.807) is 0 Å². The largest absolute Gasteiger partial charge is 0.361 e. The van der Waals surface area contributed by atoms with Crippen LogP contribution in [0.5, 0.6) is 0 Å². The lowest BCUT2D eigenvalue weighted by Gasteiger charge is -2.15. The minimum Gasteiger partial charge on any atom is -0.361 e. The highest BCUT2D eigenvalue weighted by Crippen LogP contribution is 2.20. The molecule has 1 aromatic carbocycles. The van der Waals surface area contributed by atoms with Crippen molar-refractivity contribution in [3.8, 4) is 0 Å². The molecule has 1 aliphatic rings. The van der Waals surface area contributed by atoms with E-state index in [2.05, 4.69) is 4.98 Å². The van der Waals surface area contributed by atoms with Crippen LogP contribution in [0.15, 0.2) is 30.5 Å². The van der Waals surface area contributed by atoms with Crippen molar-refractivity contribution in [1.82, 2.24) is 9.88 Å². The Labute approximate surface area is 94.1 Å². The van der Waals surface area contributed by atoms with Crippen LogP contribution in [0.25, 0.3) is 10.9 Å². The van der Waals surface area contributed by atoms with Crippen molar-refractivity contribution in [3.05, 3.63) is 36.0 Å². The zero-order valence-corrected chi connectivity index (χ0v) is 9.07. The van der Waals surface area contributed by atoms with Crippen molar-refractivity contribution in [2.75, 3.05) is 13.1 Å². The molecule has 1 N–H and O–H groups in total. The van der Waals surface area contributed by atoms with Crippen LogP contribution in [-0.2, 0) is 0 Å². The molecular formula is C13H14N2O. The highest BCUT2D eigenvalue weighted by atomic mass is 16.2. The predicted molar refractivity (Wildman–Crippen MR) is 63.4 cm³/mol. The molecule has 0 saturated carbocycles. The van der Waals surface area contributed by atoms with E-state index < -0.39 is 0 Å². The Hall–Kier alpha value is -1.77. The summed E-state index contributed by atoms with van der Waals surface area (Å²) in [4.78, 5) is 17.4. The maximum Gasteiger partial charge on any atom is 0.254 e. The predicted octanol–water partition coefficient (Wildman–Crippen LogP) is 2.40. The molecule has 16 heavy (non-hydrogen) atoms. The van der Waals surface area contributed by atoms with Crippen molar-refractivity contribution in [1.29, 1.82) is 0 Å². The molecule has 0 atom stereocenters. The van der Waals surface area contributed by atoms with Crippen LogP contribution in [0.4, 0.5) is 0 Å². The Kier molecular flexibility index (Phi) is 2.17. The average Bonchev–Trinajstić information content (AvgIpc) is 2.98. The van der Waals surface area contributed by atoms with E-state index in [1.807, 2.05) is 35.4 Å². The zero-order chi connectivity index (χ0) is 11.0. The fourth-order valence-electron chi connectivity index (χ4n) is 2.36. The van der Waals surface area contributed by atoms with E-state index >= 15 is 0 Å². The second-order valence-corrected chi connectivity index (χ2v) is 4.24. The number of nitrogens with one attached hydrogen (secondary N) is 1. The first kappa shape index (κ1) is 9.46. The monoisotopic (exact) mass is 214 g/mol. The second kappa shape index (κ2) is 3.67. The molecule has 3 nitrogen and oxygen atoms in total. The quantitative estimate of drug-likeness (QED) is 0.777. The van der Waals surface area contributed by atoms with Crippen molar-refractivity contribution in [2.24, 2.45) is 0 Å². The third-order valence-corrected chi connectivity index (χ3v) is 3.22. The van der Waals surface area contributed by atoms with E-state index in [1.165, 1.54) is 0 Å². The highest BCUT2D eigenvalue weighted by Gasteiger charge is 2.20. The number of amides is 1. The summed E-state index contributed by atoms with van der Waals surface area (Å²) in [6.45, 7) is 1.80. The number of hydrogen-bond donors (Lipinski definition) is 1. The van der Waals surface area contributed by atoms with Gasteiger partial charge in [0.1, 0.15) is 0 Å². The topological polar surface area (TPSA) is 36.1 Å². The number of benzene rings is 1. The van der Waals surface area contributed by atoms with Gasteiger partial charge in [0.2, 0.25) is 0 Å². The van der Waals surface area contributed by atoms with E-state index in [0.717, 1.165) is 42.4 Å². The fourth-order valence-corrected chi connectivity index (χ4v) is 2.36. The van der Waals surface area contributed by atoms with Gasteiger partial charge in [-0.1, -0.05) is 6.07 Å². The molecular weight excluding hydrogens is 200 g/mol. The number of fused-ring (bicyclic) bond motifs is 1. The number of aromatic amines is 1. The van der Waals surface area contributed by atoms with Gasteiger partial charge in [0.05, 0.1) is 0 Å². The molecule has 1 fully saturated rings. The van der Waals surface area contributed by atoms with Gasteiger partial charge in [-0.15, -0.1) is 0 Å². The molecule has 82 valence electrons. The Morgan fingerprint density at radius 1 is 1.19 bits per heavy atom. The summed E-state index contributed by atoms with van der Waals surface area (Å²) in [5, 5.41) is 1.03. The van der Waals surface area contributed by atoms with Gasteiger partial charge in [0.25, 0.3) is 5.91 Å². The van der Waals surface area contributed by atoms with Gasteiger partial charge in [-0.3, -0.25) is 4.79 Å². The van der Waals surface area contributed by atoms with Crippen LogP contribution >= 0.6 is 0 Å². The van der Waals surface area contributed by atoms with Gasteiger partial charge in [-0.25, -0.2) is 0 Å². The van der Waals surface area contributed by atoms with Crippen LogP contribution in [0, 0.1) is 0 Å². The summed E-state index contributed by atoms with van der Waals surface area (Å²) in [6.07, 6.45) is 4.15. The molecule has 0 spiro atoms. The Morgan fingerprint density at radius 2 is 2.00 bits per heavy atom. The van der Waals surface area contributed by atoms with Gasteiger partial charge in [0, 0.05) is 35.8 Å². The second-order valence-electron chi connectivity index (χ2n) is 4.24. The number of carbonyl (C=O) groups excluding carboxylic acids is 1. The van der Waals surface area contributed by atoms with E-state index in [9.17, 15) is 4.79 Å². The smallest absolute Gasteiger partial charge is 0.254 e. The Bertz CT molecular complexity index is 523. The molecule has 1 aliphatic heterocycles. The number of carbonyl (C=O) groups is 1. The molecule has 1 aromatic heterocycles. The van der Waals surface area contributed by atoms with Crippen LogP contribution in [0.2, 0.25) is 0 Å². The van der Waals surface area contributed by atoms with E-state index in [0.29, 0.717) is 0 Å². The molecule has 0 bridgehead atoms. The van der Waals surface area contributed by atoms with Gasteiger partial charge in [0.15, 0.2) is 0 Å². The molecule has 0 unspecified atom stereocenters. The SMILES string of the molecule is O=C(c1cccc2[nH]ccc12)N1CCCC1. The average molecular weight is 214 g/mol. The van der Waals surface area contributed by atoms with Gasteiger partial charge in [-0.2, -0.15) is 0 Å². The third kappa shape index (κ3) is 1.40. The van der Waals surface area contributed by atoms with Gasteiger partial charge < -0.3 is 9.88 Å². The maximum atomic E-state index is 12.3. The van der Waals surface area contributed by atoms with Crippen molar-refractivity contribution in [3.63, 3.8) is 0 Å². The molecule has 1 saturated heterocycles. The summed E-state index contributed by atoms with van der Waals surface area (Å²) in [6, 6.07) is 7.81. The molecule has 2 heterocycles. The number of hydrogen-bond acceptors (Lipinski definition) is 1. The molecule has 0 radical (unpaired) electrons. The van der Waals surface area contributed by atoms with Crippen molar-refractivity contribution < 1.29 is 4.79 Å². The van der Waals surface area contributed by atoms with Gasteiger partial charge in [-0.05, 0) is 31.0 Å². The maximum absolute atomic E-state index is 12.3. The van der Waals surface area contributed by atoms with Crippen molar-refractivity contribution in [2.45, 2.75) is 12.8 Å². The standard InChI is InChI=1S/C13H14N2O/c16-13(15-8-1-2-9-15)11-4-3-5-12-10(11)6-7-14-12/h3-7,14H,1-2,8-9H2. The van der Waals surface area contributed by atoms with Crippen LogP contribution in [-0.4, -0.2) is 28.9 Å². The molecule has 0 aliphatic carbocycles. The summed E-state index contributed by atoms with van der Waals surface area (Å²) in [5.41, 5.74) is 1.85. The number of aromatic nitrogens is 1. The molecule has 3 rings (SSSR count). The number of H-pyrrole nitrogens is 1. The molecule has 3 heteroatoms. The van der Waals surface area contributed by atoms with Crippen LogP contribution in [0.3, 0.4) is 0 Å². The zero-order valence-electron chi connectivity index (χ0n) is 9.07. The third-order valence-electron chi connectivity index (χ3n) is 3.22. The minimum absolute atomic E-state index is 0.169. The first-order valence-corrected chi connectivity index (χ1v) is 5.71. The number of likely N-dealkylation sites (tertiary alicyclic amines) is 1. The van der Waals surface area contributed by atoms with Crippen molar-refractivity contribution >= 4 is 16.8 Å². The Balaban J connectivity index is 2.04. The number of rotatable bonds is 1.